The summed E-state index contributed by atoms with van der Waals surface area (Å²) >= 11 is 3.65. The molecule has 0 amide bonds. The van der Waals surface area contributed by atoms with Crippen LogP contribution in [0.3, 0.4) is 0 Å². The molecule has 1 atom stereocenters. The van der Waals surface area contributed by atoms with E-state index in [1.54, 1.807) is 0 Å². The zero-order valence-corrected chi connectivity index (χ0v) is 15.6. The van der Waals surface area contributed by atoms with Crippen LogP contribution in [-0.2, 0) is 19.4 Å². The van der Waals surface area contributed by atoms with Gasteiger partial charge in [-0.3, -0.25) is 4.68 Å². The lowest BCUT2D eigenvalue weighted by Gasteiger charge is -2.24. The van der Waals surface area contributed by atoms with Gasteiger partial charge >= 0.3 is 0 Å². The molecule has 0 aliphatic carbocycles. The number of aromatic nitrogens is 2. The van der Waals surface area contributed by atoms with Crippen molar-refractivity contribution >= 4 is 15.9 Å². The molecule has 5 heteroatoms. The van der Waals surface area contributed by atoms with Crippen LogP contribution in [0.5, 0.6) is 0 Å². The summed E-state index contributed by atoms with van der Waals surface area (Å²) in [5, 5.41) is 18.6. The summed E-state index contributed by atoms with van der Waals surface area (Å²) in [6.45, 7) is 13.1. The smallest absolute Gasteiger partial charge is 0.0766 e. The minimum Gasteiger partial charge on any atom is -0.390 e. The lowest BCUT2D eigenvalue weighted by Crippen LogP contribution is -2.34. The highest BCUT2D eigenvalue weighted by molar-refractivity contribution is 9.10. The van der Waals surface area contributed by atoms with E-state index in [4.69, 9.17) is 0 Å². The molecule has 0 aromatic carbocycles. The van der Waals surface area contributed by atoms with Crippen molar-refractivity contribution in [2.75, 3.05) is 13.1 Å². The van der Waals surface area contributed by atoms with Crippen molar-refractivity contribution < 1.29 is 5.11 Å². The lowest BCUT2D eigenvalue weighted by molar-refractivity contribution is 0.0491. The maximum Gasteiger partial charge on any atom is 0.0766 e. The summed E-state index contributed by atoms with van der Waals surface area (Å²) < 4.78 is 3.06. The first-order valence-electron chi connectivity index (χ1n) is 7.97. The van der Waals surface area contributed by atoms with Crippen molar-refractivity contribution in [1.29, 1.82) is 0 Å². The minimum atomic E-state index is -0.718. The van der Waals surface area contributed by atoms with Crippen molar-refractivity contribution in [3.8, 4) is 0 Å². The number of hydrogen-bond acceptors (Lipinski definition) is 3. The van der Waals surface area contributed by atoms with Crippen molar-refractivity contribution in [2.24, 2.45) is 5.92 Å². The van der Waals surface area contributed by atoms with E-state index >= 15 is 0 Å². The molecule has 1 heterocycles. The normalized spacial score (nSPS) is 14.7. The van der Waals surface area contributed by atoms with Crippen LogP contribution in [-0.4, -0.2) is 33.6 Å². The van der Waals surface area contributed by atoms with Crippen LogP contribution in [0, 0.1) is 5.92 Å². The van der Waals surface area contributed by atoms with Gasteiger partial charge in [0.25, 0.3) is 0 Å². The molecule has 0 radical (unpaired) electrons. The largest absolute Gasteiger partial charge is 0.390 e. The Balaban J connectivity index is 2.68. The molecule has 2 N–H and O–H groups in total. The molecule has 1 aromatic heterocycles. The number of nitrogens with zero attached hydrogens (tertiary/aromatic N) is 2. The van der Waals surface area contributed by atoms with E-state index in [2.05, 4.69) is 54.0 Å². The van der Waals surface area contributed by atoms with E-state index < -0.39 is 5.60 Å². The van der Waals surface area contributed by atoms with Crippen LogP contribution in [0.1, 0.15) is 52.4 Å². The second-order valence-electron chi connectivity index (χ2n) is 6.40. The number of aliphatic hydroxyl groups is 1. The predicted molar refractivity (Wildman–Crippen MR) is 91.6 cm³/mol. The zero-order valence-electron chi connectivity index (χ0n) is 14.0. The molecule has 1 unspecified atom stereocenters. The van der Waals surface area contributed by atoms with Crippen molar-refractivity contribution in [2.45, 2.75) is 66.0 Å². The summed E-state index contributed by atoms with van der Waals surface area (Å²) in [7, 11) is 0. The van der Waals surface area contributed by atoms with E-state index in [9.17, 15) is 5.11 Å². The topological polar surface area (TPSA) is 50.1 Å². The Kier molecular flexibility index (Phi) is 7.37. The van der Waals surface area contributed by atoms with Gasteiger partial charge in [0.2, 0.25) is 0 Å². The van der Waals surface area contributed by atoms with Gasteiger partial charge in [-0.1, -0.05) is 20.8 Å². The van der Waals surface area contributed by atoms with Gasteiger partial charge in [0.1, 0.15) is 0 Å². The van der Waals surface area contributed by atoms with Crippen molar-refractivity contribution in [3.63, 3.8) is 0 Å². The van der Waals surface area contributed by atoms with Crippen LogP contribution >= 0.6 is 15.9 Å². The van der Waals surface area contributed by atoms with Crippen LogP contribution in [0.4, 0.5) is 0 Å². The second kappa shape index (κ2) is 8.30. The molecule has 0 aliphatic rings. The maximum atomic E-state index is 10.7. The first-order chi connectivity index (χ1) is 9.80. The lowest BCUT2D eigenvalue weighted by atomic mass is 9.95. The Labute approximate surface area is 137 Å². The van der Waals surface area contributed by atoms with E-state index in [1.807, 2.05) is 11.6 Å². The number of aryl methyl sites for hydroxylation is 2. The second-order valence-corrected chi connectivity index (χ2v) is 7.19. The van der Waals surface area contributed by atoms with Crippen LogP contribution in [0.25, 0.3) is 0 Å². The van der Waals surface area contributed by atoms with Gasteiger partial charge in [-0.25, -0.2) is 0 Å². The molecule has 0 saturated carbocycles. The van der Waals surface area contributed by atoms with Gasteiger partial charge in [0, 0.05) is 13.0 Å². The van der Waals surface area contributed by atoms with Gasteiger partial charge < -0.3 is 10.4 Å². The van der Waals surface area contributed by atoms with Crippen LogP contribution < -0.4 is 5.32 Å². The number of hydrogen-bond donors (Lipinski definition) is 2. The summed E-state index contributed by atoms with van der Waals surface area (Å²) in [6.07, 6.45) is 2.26. The first-order valence-corrected chi connectivity index (χ1v) is 8.77. The SMILES string of the molecule is CCc1nn(CC)c(CC(C)(O)CCNCC(C)C)c1Br. The van der Waals surface area contributed by atoms with Crippen molar-refractivity contribution in [3.05, 3.63) is 15.9 Å². The Morgan fingerprint density at radius 2 is 2.05 bits per heavy atom. The Bertz CT molecular complexity index is 441. The highest BCUT2D eigenvalue weighted by Gasteiger charge is 2.25. The molecular weight excluding hydrogens is 330 g/mol. The van der Waals surface area contributed by atoms with E-state index in [0.717, 1.165) is 48.3 Å². The summed E-state index contributed by atoms with van der Waals surface area (Å²) in [4.78, 5) is 0. The van der Waals surface area contributed by atoms with Gasteiger partial charge in [-0.2, -0.15) is 5.10 Å². The summed E-state index contributed by atoms with van der Waals surface area (Å²) in [6, 6.07) is 0. The molecule has 0 saturated heterocycles. The van der Waals surface area contributed by atoms with Gasteiger partial charge in [0.05, 0.1) is 21.5 Å². The van der Waals surface area contributed by atoms with Gasteiger partial charge in [-0.15, -0.1) is 0 Å². The average molecular weight is 360 g/mol. The predicted octanol–water partition coefficient (Wildman–Crippen LogP) is 3.16. The minimum absolute atomic E-state index is 0.623. The molecule has 0 bridgehead atoms. The quantitative estimate of drug-likeness (QED) is 0.665. The standard InChI is InChI=1S/C16H30BrN3O/c1-6-13-15(17)14(20(7-2)19-13)10-16(5,21)8-9-18-11-12(3)4/h12,18,21H,6-11H2,1-5H3. The van der Waals surface area contributed by atoms with Gasteiger partial charge in [-0.05, 0) is 61.6 Å². The maximum absolute atomic E-state index is 10.7. The number of halogens is 1. The molecular formula is C16H30BrN3O. The Morgan fingerprint density at radius 1 is 1.38 bits per heavy atom. The van der Waals surface area contributed by atoms with E-state index in [0.29, 0.717) is 12.3 Å². The number of nitrogens with one attached hydrogen (secondary N) is 1. The number of rotatable bonds is 9. The fourth-order valence-corrected chi connectivity index (χ4v) is 3.09. The third kappa shape index (κ3) is 5.72. The molecule has 0 fully saturated rings. The molecule has 122 valence electrons. The zero-order chi connectivity index (χ0) is 16.0. The highest BCUT2D eigenvalue weighted by atomic mass is 79.9. The molecule has 1 aromatic rings. The van der Waals surface area contributed by atoms with Gasteiger partial charge in [0.15, 0.2) is 0 Å². The molecule has 4 nitrogen and oxygen atoms in total. The van der Waals surface area contributed by atoms with Crippen molar-refractivity contribution in [1.82, 2.24) is 15.1 Å². The molecule has 0 spiro atoms. The first kappa shape index (κ1) is 18.7. The summed E-state index contributed by atoms with van der Waals surface area (Å²) in [5.41, 5.74) is 1.45. The highest BCUT2D eigenvalue weighted by Crippen LogP contribution is 2.27. The fraction of sp³-hybridized carbons (Fsp3) is 0.812. The van der Waals surface area contributed by atoms with E-state index in [1.165, 1.54) is 0 Å². The Morgan fingerprint density at radius 3 is 2.57 bits per heavy atom. The van der Waals surface area contributed by atoms with E-state index in [-0.39, 0.29) is 0 Å². The summed E-state index contributed by atoms with van der Waals surface area (Å²) in [5.74, 6) is 0.637. The molecule has 21 heavy (non-hydrogen) atoms. The van der Waals surface area contributed by atoms with Crippen LogP contribution in [0.15, 0.2) is 4.47 Å². The molecule has 1 rings (SSSR count). The Hall–Kier alpha value is -0.390. The third-order valence-electron chi connectivity index (χ3n) is 3.64. The third-order valence-corrected chi connectivity index (χ3v) is 4.55. The fourth-order valence-electron chi connectivity index (χ4n) is 2.38. The molecule has 0 aliphatic heterocycles. The monoisotopic (exact) mass is 359 g/mol. The average Bonchev–Trinajstić information content (AvgIpc) is 2.71. The van der Waals surface area contributed by atoms with Crippen LogP contribution in [0.2, 0.25) is 0 Å².